The number of carbonyl (C=O) groups is 1. The fraction of sp³-hybridized carbons (Fsp3) is 0.188. The fourth-order valence-corrected chi connectivity index (χ4v) is 3.29. The standard InChI is InChI=1S/C16H14ClN3O2S/c1-19(2)14(21)8-20-9-18-12-7-13(23-15(12)16(20)22)10-3-5-11(17)6-4-10/h3-7,9H,8H2,1-2H3. The van der Waals surface area contributed by atoms with Crippen molar-refractivity contribution >= 4 is 39.1 Å². The molecule has 3 aromatic rings. The average molecular weight is 348 g/mol. The number of aromatic nitrogens is 2. The van der Waals surface area contributed by atoms with E-state index in [1.54, 1.807) is 14.1 Å². The van der Waals surface area contributed by atoms with Gasteiger partial charge in [0.05, 0.1) is 11.8 Å². The molecule has 23 heavy (non-hydrogen) atoms. The van der Waals surface area contributed by atoms with Crippen LogP contribution in [0.1, 0.15) is 0 Å². The van der Waals surface area contributed by atoms with Crippen LogP contribution in [-0.4, -0.2) is 34.5 Å². The van der Waals surface area contributed by atoms with E-state index in [9.17, 15) is 9.59 Å². The molecule has 0 fully saturated rings. The van der Waals surface area contributed by atoms with Crippen molar-refractivity contribution in [1.29, 1.82) is 0 Å². The Labute approximate surface area is 141 Å². The molecule has 7 heteroatoms. The van der Waals surface area contributed by atoms with E-state index in [1.807, 2.05) is 30.3 Å². The van der Waals surface area contributed by atoms with Crippen LogP contribution in [0.4, 0.5) is 0 Å². The first-order chi connectivity index (χ1) is 11.0. The van der Waals surface area contributed by atoms with Crippen LogP contribution >= 0.6 is 22.9 Å². The Morgan fingerprint density at radius 2 is 2.00 bits per heavy atom. The topological polar surface area (TPSA) is 55.2 Å². The van der Waals surface area contributed by atoms with Crippen molar-refractivity contribution in [1.82, 2.24) is 14.5 Å². The molecular weight excluding hydrogens is 334 g/mol. The minimum absolute atomic E-state index is 0.0110. The Morgan fingerprint density at radius 1 is 1.30 bits per heavy atom. The van der Waals surface area contributed by atoms with Gasteiger partial charge in [0, 0.05) is 24.0 Å². The highest BCUT2D eigenvalue weighted by molar-refractivity contribution is 7.22. The summed E-state index contributed by atoms with van der Waals surface area (Å²) < 4.78 is 1.89. The molecule has 0 N–H and O–H groups in total. The van der Waals surface area contributed by atoms with Crippen molar-refractivity contribution in [2.75, 3.05) is 14.1 Å². The number of carbonyl (C=O) groups excluding carboxylic acids is 1. The molecule has 1 aromatic carbocycles. The molecular formula is C16H14ClN3O2S. The third-order valence-electron chi connectivity index (χ3n) is 3.44. The van der Waals surface area contributed by atoms with Gasteiger partial charge in [0.15, 0.2) is 0 Å². The minimum Gasteiger partial charge on any atom is -0.347 e. The highest BCUT2D eigenvalue weighted by Crippen LogP contribution is 2.31. The van der Waals surface area contributed by atoms with Crippen LogP contribution < -0.4 is 5.56 Å². The Morgan fingerprint density at radius 3 is 2.65 bits per heavy atom. The quantitative estimate of drug-likeness (QED) is 0.732. The van der Waals surface area contributed by atoms with Gasteiger partial charge in [-0.1, -0.05) is 23.7 Å². The molecule has 0 aliphatic carbocycles. The summed E-state index contributed by atoms with van der Waals surface area (Å²) in [6.07, 6.45) is 1.42. The van der Waals surface area contributed by atoms with E-state index in [1.165, 1.54) is 27.1 Å². The number of nitrogens with zero attached hydrogens (tertiary/aromatic N) is 3. The number of thiophene rings is 1. The van der Waals surface area contributed by atoms with Crippen molar-refractivity contribution in [3.05, 3.63) is 52.0 Å². The number of hydrogen-bond acceptors (Lipinski definition) is 4. The van der Waals surface area contributed by atoms with Crippen LogP contribution in [0.15, 0.2) is 41.5 Å². The molecule has 2 aromatic heterocycles. The summed E-state index contributed by atoms with van der Waals surface area (Å²) in [5.74, 6) is -0.150. The summed E-state index contributed by atoms with van der Waals surface area (Å²) >= 11 is 7.27. The van der Waals surface area contributed by atoms with Crippen molar-refractivity contribution in [3.8, 4) is 10.4 Å². The maximum atomic E-state index is 12.5. The molecule has 0 saturated carbocycles. The zero-order valence-corrected chi connectivity index (χ0v) is 14.2. The first-order valence-corrected chi connectivity index (χ1v) is 8.10. The van der Waals surface area contributed by atoms with Gasteiger partial charge in [0.2, 0.25) is 5.91 Å². The fourth-order valence-electron chi connectivity index (χ4n) is 2.10. The van der Waals surface area contributed by atoms with Gasteiger partial charge in [-0.05, 0) is 23.8 Å². The summed E-state index contributed by atoms with van der Waals surface area (Å²) in [5.41, 5.74) is 1.42. The van der Waals surface area contributed by atoms with E-state index >= 15 is 0 Å². The summed E-state index contributed by atoms with van der Waals surface area (Å²) in [6, 6.07) is 9.30. The number of amides is 1. The molecule has 0 radical (unpaired) electrons. The highest BCUT2D eigenvalue weighted by atomic mass is 35.5. The molecule has 0 bridgehead atoms. The average Bonchev–Trinajstić information content (AvgIpc) is 2.95. The van der Waals surface area contributed by atoms with Crippen molar-refractivity contribution in [2.45, 2.75) is 6.54 Å². The SMILES string of the molecule is CN(C)C(=O)Cn1cnc2cc(-c3ccc(Cl)cc3)sc2c1=O. The lowest BCUT2D eigenvalue weighted by Crippen LogP contribution is -2.31. The van der Waals surface area contributed by atoms with Gasteiger partial charge < -0.3 is 4.90 Å². The molecule has 2 heterocycles. The lowest BCUT2D eigenvalue weighted by Gasteiger charge is -2.10. The molecule has 0 aliphatic heterocycles. The second-order valence-electron chi connectivity index (χ2n) is 5.30. The molecule has 1 amide bonds. The maximum absolute atomic E-state index is 12.5. The van der Waals surface area contributed by atoms with Crippen LogP contribution in [0, 0.1) is 0 Å². The second-order valence-corrected chi connectivity index (χ2v) is 6.79. The molecule has 0 aliphatic rings. The van der Waals surface area contributed by atoms with Gasteiger partial charge in [-0.2, -0.15) is 0 Å². The first kappa shape index (κ1) is 15.7. The maximum Gasteiger partial charge on any atom is 0.271 e. The van der Waals surface area contributed by atoms with Crippen molar-refractivity contribution < 1.29 is 4.79 Å². The Kier molecular flexibility index (Phi) is 4.19. The van der Waals surface area contributed by atoms with E-state index < -0.39 is 0 Å². The minimum atomic E-state index is -0.199. The molecule has 3 rings (SSSR count). The van der Waals surface area contributed by atoms with Gasteiger partial charge in [-0.3, -0.25) is 14.2 Å². The van der Waals surface area contributed by atoms with Crippen LogP contribution in [-0.2, 0) is 11.3 Å². The molecule has 0 unspecified atom stereocenters. The smallest absolute Gasteiger partial charge is 0.271 e. The van der Waals surface area contributed by atoms with Gasteiger partial charge >= 0.3 is 0 Å². The van der Waals surface area contributed by atoms with E-state index in [0.29, 0.717) is 15.2 Å². The Bertz CT molecular complexity index is 929. The second kappa shape index (κ2) is 6.14. The largest absolute Gasteiger partial charge is 0.347 e. The predicted molar refractivity (Wildman–Crippen MR) is 93.0 cm³/mol. The summed E-state index contributed by atoms with van der Waals surface area (Å²) in [6.45, 7) is -0.0110. The molecule has 5 nitrogen and oxygen atoms in total. The normalized spacial score (nSPS) is 10.9. The number of likely N-dealkylation sites (N-methyl/N-ethyl adjacent to an activating group) is 1. The zero-order valence-electron chi connectivity index (χ0n) is 12.6. The van der Waals surface area contributed by atoms with E-state index in [4.69, 9.17) is 11.6 Å². The lowest BCUT2D eigenvalue weighted by atomic mass is 10.2. The number of hydrogen-bond donors (Lipinski definition) is 0. The van der Waals surface area contributed by atoms with E-state index in [2.05, 4.69) is 4.98 Å². The summed E-state index contributed by atoms with van der Waals surface area (Å²) in [4.78, 5) is 31.0. The highest BCUT2D eigenvalue weighted by Gasteiger charge is 2.13. The predicted octanol–water partition coefficient (Wildman–Crippen LogP) is 2.87. The van der Waals surface area contributed by atoms with Gasteiger partial charge in [-0.15, -0.1) is 11.3 Å². The number of fused-ring (bicyclic) bond motifs is 1. The molecule has 118 valence electrons. The van der Waals surface area contributed by atoms with Crippen LogP contribution in [0.2, 0.25) is 5.02 Å². The number of benzene rings is 1. The van der Waals surface area contributed by atoms with Crippen LogP contribution in [0.25, 0.3) is 20.7 Å². The van der Waals surface area contributed by atoms with Crippen molar-refractivity contribution in [2.24, 2.45) is 0 Å². The first-order valence-electron chi connectivity index (χ1n) is 6.91. The monoisotopic (exact) mass is 347 g/mol. The lowest BCUT2D eigenvalue weighted by molar-refractivity contribution is -0.129. The molecule has 0 atom stereocenters. The molecule has 0 saturated heterocycles. The van der Waals surface area contributed by atoms with Gasteiger partial charge in [-0.25, -0.2) is 4.98 Å². The number of rotatable bonds is 3. The Balaban J connectivity index is 2.03. The van der Waals surface area contributed by atoms with Crippen LogP contribution in [0.3, 0.4) is 0 Å². The molecule has 0 spiro atoms. The van der Waals surface area contributed by atoms with E-state index in [-0.39, 0.29) is 18.0 Å². The van der Waals surface area contributed by atoms with E-state index in [0.717, 1.165) is 10.4 Å². The third kappa shape index (κ3) is 3.13. The van der Waals surface area contributed by atoms with Gasteiger partial charge in [0.1, 0.15) is 11.2 Å². The summed E-state index contributed by atoms with van der Waals surface area (Å²) in [5, 5.41) is 0.664. The zero-order chi connectivity index (χ0) is 16.6. The Hall–Kier alpha value is -2.18. The summed E-state index contributed by atoms with van der Waals surface area (Å²) in [7, 11) is 3.31. The third-order valence-corrected chi connectivity index (χ3v) is 4.85. The van der Waals surface area contributed by atoms with Crippen LogP contribution in [0.5, 0.6) is 0 Å². The number of halogens is 1. The van der Waals surface area contributed by atoms with Crippen molar-refractivity contribution in [3.63, 3.8) is 0 Å². The van der Waals surface area contributed by atoms with Gasteiger partial charge in [0.25, 0.3) is 5.56 Å².